The lowest BCUT2D eigenvalue weighted by Gasteiger charge is -2.60. The van der Waals surface area contributed by atoms with E-state index in [0.717, 1.165) is 42.6 Å². The zero-order valence-corrected chi connectivity index (χ0v) is 14.0. The Hall–Kier alpha value is -0.810. The summed E-state index contributed by atoms with van der Waals surface area (Å²) in [6.45, 7) is 4.92. The summed E-state index contributed by atoms with van der Waals surface area (Å²) >= 11 is 0. The topological polar surface area (TPSA) is 44.0 Å². The van der Waals surface area contributed by atoms with E-state index in [2.05, 4.69) is 26.0 Å². The molecule has 0 aliphatic heterocycles. The quantitative estimate of drug-likeness (QED) is 0.718. The Morgan fingerprint density at radius 2 is 1.95 bits per heavy atom. The number of hydrogen-bond acceptors (Lipinski definition) is 2. The monoisotopic (exact) mass is 299 g/mol. The van der Waals surface area contributed by atoms with Gasteiger partial charge in [-0.05, 0) is 85.9 Å². The van der Waals surface area contributed by atoms with Crippen molar-refractivity contribution in [3.63, 3.8) is 0 Å². The molecule has 0 radical (unpaired) electrons. The van der Waals surface area contributed by atoms with Gasteiger partial charge >= 0.3 is 0 Å². The van der Waals surface area contributed by atoms with E-state index in [-0.39, 0.29) is 11.5 Å². The van der Waals surface area contributed by atoms with Gasteiger partial charge in [0, 0.05) is 5.57 Å². The average molecular weight is 299 g/mol. The van der Waals surface area contributed by atoms with Gasteiger partial charge < -0.3 is 5.11 Å². The molecule has 0 saturated heterocycles. The van der Waals surface area contributed by atoms with Gasteiger partial charge in [0.05, 0.1) is 12.2 Å². The molecule has 3 fully saturated rings. The maximum atomic E-state index is 10.1. The summed E-state index contributed by atoms with van der Waals surface area (Å²) in [4.78, 5) is 0. The van der Waals surface area contributed by atoms with E-state index in [0.29, 0.717) is 11.3 Å². The van der Waals surface area contributed by atoms with Crippen LogP contribution >= 0.6 is 0 Å². The molecule has 1 N–H and O–H groups in total. The highest BCUT2D eigenvalue weighted by molar-refractivity contribution is 5.32. The lowest BCUT2D eigenvalue weighted by atomic mass is 9.45. The fourth-order valence-electron chi connectivity index (χ4n) is 6.92. The Balaban J connectivity index is 1.63. The van der Waals surface area contributed by atoms with Crippen molar-refractivity contribution in [2.75, 3.05) is 0 Å². The molecule has 7 atom stereocenters. The molecule has 0 spiro atoms. The number of aliphatic hydroxyl groups excluding tert-OH is 1. The Kier molecular flexibility index (Phi) is 3.25. The molecule has 120 valence electrons. The minimum atomic E-state index is -0.0539. The van der Waals surface area contributed by atoms with Crippen LogP contribution in [0, 0.1) is 45.8 Å². The van der Waals surface area contributed by atoms with Gasteiger partial charge in [-0.3, -0.25) is 0 Å². The molecule has 0 unspecified atom stereocenters. The van der Waals surface area contributed by atoms with Crippen LogP contribution < -0.4 is 0 Å². The van der Waals surface area contributed by atoms with Crippen LogP contribution in [0.3, 0.4) is 0 Å². The van der Waals surface area contributed by atoms with Crippen LogP contribution in [-0.2, 0) is 0 Å². The SMILES string of the molecule is C[C@@]12CC[C@H](O)C[C@H]1CC[C@H]1[C@H]2CC[C@@]2(C)C=C(C#N)C[C@H]12. The van der Waals surface area contributed by atoms with Crippen molar-refractivity contribution in [3.05, 3.63) is 11.6 Å². The van der Waals surface area contributed by atoms with E-state index < -0.39 is 0 Å². The summed E-state index contributed by atoms with van der Waals surface area (Å²) in [5.41, 5.74) is 1.77. The Morgan fingerprint density at radius 3 is 2.73 bits per heavy atom. The lowest BCUT2D eigenvalue weighted by Crippen LogP contribution is -2.53. The van der Waals surface area contributed by atoms with Gasteiger partial charge in [-0.1, -0.05) is 19.9 Å². The van der Waals surface area contributed by atoms with Gasteiger partial charge in [0.1, 0.15) is 0 Å². The minimum Gasteiger partial charge on any atom is -0.393 e. The van der Waals surface area contributed by atoms with Crippen molar-refractivity contribution >= 4 is 0 Å². The third kappa shape index (κ3) is 1.94. The van der Waals surface area contributed by atoms with E-state index in [9.17, 15) is 10.4 Å². The standard InChI is InChI=1S/C20H29NO/c1-19-7-6-17-16(18(19)9-13(11-19)12-21)4-3-14-10-15(22)5-8-20(14,17)2/h11,14-18,22H,3-10H2,1-2H3/t14-,15+,16+,17-,18-,19+,20-/m1/s1. The predicted molar refractivity (Wildman–Crippen MR) is 86.8 cm³/mol. The van der Waals surface area contributed by atoms with Gasteiger partial charge in [0.25, 0.3) is 0 Å². The molecular formula is C20H29NO. The highest BCUT2D eigenvalue weighted by Gasteiger charge is 2.57. The number of allylic oxidation sites excluding steroid dienone is 2. The van der Waals surface area contributed by atoms with Gasteiger partial charge in [-0.2, -0.15) is 5.26 Å². The fraction of sp³-hybridized carbons (Fsp3) is 0.850. The maximum Gasteiger partial charge on any atom is 0.0944 e. The predicted octanol–water partition coefficient (Wildman–Crippen LogP) is 4.45. The molecule has 4 aliphatic rings. The van der Waals surface area contributed by atoms with E-state index >= 15 is 0 Å². The zero-order valence-electron chi connectivity index (χ0n) is 14.0. The highest BCUT2D eigenvalue weighted by Crippen LogP contribution is 2.65. The van der Waals surface area contributed by atoms with Gasteiger partial charge in [-0.25, -0.2) is 0 Å². The van der Waals surface area contributed by atoms with Crippen molar-refractivity contribution in [2.45, 2.75) is 71.3 Å². The summed E-state index contributed by atoms with van der Waals surface area (Å²) in [5.74, 6) is 3.05. The Labute approximate surface area is 134 Å². The molecule has 0 aromatic heterocycles. The summed E-state index contributed by atoms with van der Waals surface area (Å²) < 4.78 is 0. The first-order chi connectivity index (χ1) is 10.5. The molecule has 0 bridgehead atoms. The van der Waals surface area contributed by atoms with Crippen LogP contribution in [-0.4, -0.2) is 11.2 Å². The third-order valence-corrected chi connectivity index (χ3v) is 8.16. The molecule has 3 saturated carbocycles. The molecule has 0 amide bonds. The van der Waals surface area contributed by atoms with Crippen LogP contribution in [0.15, 0.2) is 11.6 Å². The van der Waals surface area contributed by atoms with E-state index in [1.54, 1.807) is 0 Å². The van der Waals surface area contributed by atoms with Crippen LogP contribution in [0.4, 0.5) is 0 Å². The molecule has 0 aromatic carbocycles. The van der Waals surface area contributed by atoms with Crippen molar-refractivity contribution in [1.29, 1.82) is 5.26 Å². The van der Waals surface area contributed by atoms with Crippen molar-refractivity contribution < 1.29 is 5.11 Å². The number of nitriles is 1. The highest BCUT2D eigenvalue weighted by atomic mass is 16.3. The van der Waals surface area contributed by atoms with E-state index in [1.807, 2.05) is 0 Å². The Morgan fingerprint density at radius 1 is 1.14 bits per heavy atom. The van der Waals surface area contributed by atoms with Crippen molar-refractivity contribution in [2.24, 2.45) is 34.5 Å². The first-order valence-electron chi connectivity index (χ1n) is 9.26. The number of nitrogens with zero attached hydrogens (tertiary/aromatic N) is 1. The average Bonchev–Trinajstić information content (AvgIpc) is 2.85. The second-order valence-electron chi connectivity index (χ2n) is 9.12. The largest absolute Gasteiger partial charge is 0.393 e. The zero-order chi connectivity index (χ0) is 15.5. The maximum absolute atomic E-state index is 10.1. The third-order valence-electron chi connectivity index (χ3n) is 8.16. The summed E-state index contributed by atoms with van der Waals surface area (Å²) in [7, 11) is 0. The first-order valence-corrected chi connectivity index (χ1v) is 9.26. The molecule has 0 heterocycles. The van der Waals surface area contributed by atoms with E-state index in [1.165, 1.54) is 32.1 Å². The molecule has 2 heteroatoms. The first kappa shape index (κ1) is 14.8. The molecule has 4 rings (SSSR count). The number of rotatable bonds is 0. The number of hydrogen-bond donors (Lipinski definition) is 1. The summed E-state index contributed by atoms with van der Waals surface area (Å²) in [6, 6.07) is 2.44. The van der Waals surface area contributed by atoms with Crippen LogP contribution in [0.2, 0.25) is 0 Å². The second kappa shape index (κ2) is 4.84. The van der Waals surface area contributed by atoms with Gasteiger partial charge in [0.15, 0.2) is 0 Å². The molecular weight excluding hydrogens is 270 g/mol. The minimum absolute atomic E-state index is 0.0539. The van der Waals surface area contributed by atoms with Crippen molar-refractivity contribution in [1.82, 2.24) is 0 Å². The molecule has 22 heavy (non-hydrogen) atoms. The van der Waals surface area contributed by atoms with E-state index in [4.69, 9.17) is 0 Å². The number of fused-ring (bicyclic) bond motifs is 5. The summed E-state index contributed by atoms with van der Waals surface area (Å²) in [6.07, 6.45) is 11.7. The number of aliphatic hydroxyl groups is 1. The molecule has 2 nitrogen and oxygen atoms in total. The van der Waals surface area contributed by atoms with Gasteiger partial charge in [0.2, 0.25) is 0 Å². The van der Waals surface area contributed by atoms with Crippen molar-refractivity contribution in [3.8, 4) is 6.07 Å². The lowest BCUT2D eigenvalue weighted by molar-refractivity contribution is -0.116. The smallest absolute Gasteiger partial charge is 0.0944 e. The summed E-state index contributed by atoms with van der Waals surface area (Å²) in [5, 5.41) is 19.4. The second-order valence-corrected chi connectivity index (χ2v) is 9.12. The van der Waals surface area contributed by atoms with Crippen LogP contribution in [0.25, 0.3) is 0 Å². The van der Waals surface area contributed by atoms with Crippen LogP contribution in [0.1, 0.15) is 65.2 Å². The fourth-order valence-corrected chi connectivity index (χ4v) is 6.92. The molecule has 0 aromatic rings. The normalized spacial score (nSPS) is 53.7. The molecule has 4 aliphatic carbocycles. The van der Waals surface area contributed by atoms with Crippen LogP contribution in [0.5, 0.6) is 0 Å². The Bertz CT molecular complexity index is 546. The van der Waals surface area contributed by atoms with Gasteiger partial charge in [-0.15, -0.1) is 0 Å².